The van der Waals surface area contributed by atoms with Crippen LogP contribution in [0.1, 0.15) is 20.7 Å². The number of rotatable bonds is 2. The van der Waals surface area contributed by atoms with Crippen LogP contribution in [0.2, 0.25) is 0 Å². The van der Waals surface area contributed by atoms with Gasteiger partial charge in [-0.05, 0) is 28.1 Å². The summed E-state index contributed by atoms with van der Waals surface area (Å²) in [5, 5.41) is 8.87. The number of carboxylic acid groups (broad SMARTS) is 1. The lowest BCUT2D eigenvalue weighted by molar-refractivity contribution is 0.0599. The van der Waals surface area contributed by atoms with E-state index in [4.69, 9.17) is 5.11 Å². The van der Waals surface area contributed by atoms with Gasteiger partial charge in [0, 0.05) is 8.95 Å². The Labute approximate surface area is 102 Å². The molecule has 1 aromatic carbocycles. The number of carbonyl (C=O) groups excluding carboxylic acids is 1. The van der Waals surface area contributed by atoms with Crippen LogP contribution < -0.4 is 0 Å². The number of halogens is 2. The first-order chi connectivity index (χ1) is 6.97. The molecule has 6 heteroatoms. The molecule has 0 aromatic heterocycles. The summed E-state index contributed by atoms with van der Waals surface area (Å²) >= 11 is 6.18. The normalized spacial score (nSPS) is 9.80. The maximum atomic E-state index is 11.3. The van der Waals surface area contributed by atoms with Crippen molar-refractivity contribution < 1.29 is 19.4 Å². The molecule has 0 aliphatic rings. The lowest BCUT2D eigenvalue weighted by Gasteiger charge is -2.06. The average molecular weight is 338 g/mol. The van der Waals surface area contributed by atoms with Gasteiger partial charge in [0.1, 0.15) is 0 Å². The van der Waals surface area contributed by atoms with Crippen molar-refractivity contribution in [3.8, 4) is 0 Å². The minimum atomic E-state index is -1.12. The average Bonchev–Trinajstić information content (AvgIpc) is 2.19. The van der Waals surface area contributed by atoms with E-state index in [0.29, 0.717) is 4.47 Å². The van der Waals surface area contributed by atoms with Crippen LogP contribution in [0, 0.1) is 0 Å². The van der Waals surface area contributed by atoms with Gasteiger partial charge in [0.2, 0.25) is 0 Å². The van der Waals surface area contributed by atoms with Gasteiger partial charge >= 0.3 is 11.9 Å². The van der Waals surface area contributed by atoms with E-state index in [0.717, 1.165) is 0 Å². The van der Waals surface area contributed by atoms with Crippen molar-refractivity contribution in [1.82, 2.24) is 0 Å². The molecule has 0 fully saturated rings. The van der Waals surface area contributed by atoms with Gasteiger partial charge in [0.15, 0.2) is 0 Å². The number of esters is 1. The molecular weight excluding hydrogens is 332 g/mol. The fourth-order valence-electron chi connectivity index (χ4n) is 1.00. The molecule has 0 aliphatic heterocycles. The summed E-state index contributed by atoms with van der Waals surface area (Å²) in [5.41, 5.74) is 0.175. The van der Waals surface area contributed by atoms with Crippen molar-refractivity contribution in [3.63, 3.8) is 0 Å². The highest BCUT2D eigenvalue weighted by atomic mass is 79.9. The second-order valence-corrected chi connectivity index (χ2v) is 4.32. The third kappa shape index (κ3) is 2.57. The summed E-state index contributed by atoms with van der Waals surface area (Å²) in [5.74, 6) is -1.71. The van der Waals surface area contributed by atoms with Gasteiger partial charge in [-0.2, -0.15) is 0 Å². The zero-order valence-corrected chi connectivity index (χ0v) is 10.8. The summed E-state index contributed by atoms with van der Waals surface area (Å²) in [6.07, 6.45) is 0. The Kier molecular flexibility index (Phi) is 3.87. The van der Waals surface area contributed by atoms with Crippen molar-refractivity contribution in [1.29, 1.82) is 0 Å². The van der Waals surface area contributed by atoms with Gasteiger partial charge in [-0.3, -0.25) is 0 Å². The summed E-state index contributed by atoms with van der Waals surface area (Å²) in [6.45, 7) is 0. The predicted octanol–water partition coefficient (Wildman–Crippen LogP) is 2.70. The molecule has 0 heterocycles. The number of hydrogen-bond acceptors (Lipinski definition) is 3. The number of methoxy groups -OCH3 is 1. The smallest absolute Gasteiger partial charge is 0.339 e. The van der Waals surface area contributed by atoms with Gasteiger partial charge in [0.05, 0.1) is 18.2 Å². The molecule has 0 spiro atoms. The third-order valence-corrected chi connectivity index (χ3v) is 2.99. The third-order valence-electron chi connectivity index (χ3n) is 1.67. The Morgan fingerprint density at radius 2 is 1.80 bits per heavy atom. The van der Waals surface area contributed by atoms with Crippen LogP contribution in [0.4, 0.5) is 0 Å². The first kappa shape index (κ1) is 12.2. The number of benzene rings is 1. The Morgan fingerprint density at radius 1 is 1.27 bits per heavy atom. The van der Waals surface area contributed by atoms with Crippen LogP contribution in [-0.2, 0) is 4.74 Å². The molecular formula is C9H6Br2O4. The minimum Gasteiger partial charge on any atom is -0.478 e. The van der Waals surface area contributed by atoms with Crippen molar-refractivity contribution >= 4 is 43.8 Å². The summed E-state index contributed by atoms with van der Waals surface area (Å²) < 4.78 is 5.24. The molecule has 1 N–H and O–H groups in total. The highest BCUT2D eigenvalue weighted by molar-refractivity contribution is 9.11. The van der Waals surface area contributed by atoms with E-state index in [1.165, 1.54) is 19.2 Å². The lowest BCUT2D eigenvalue weighted by Crippen LogP contribution is -2.07. The largest absolute Gasteiger partial charge is 0.478 e. The van der Waals surface area contributed by atoms with Crippen LogP contribution in [-0.4, -0.2) is 24.2 Å². The van der Waals surface area contributed by atoms with E-state index in [2.05, 4.69) is 36.6 Å². The zero-order chi connectivity index (χ0) is 11.6. The minimum absolute atomic E-state index is 0.00442. The van der Waals surface area contributed by atoms with Crippen LogP contribution in [0.5, 0.6) is 0 Å². The van der Waals surface area contributed by atoms with Crippen LogP contribution in [0.25, 0.3) is 0 Å². The van der Waals surface area contributed by atoms with Crippen molar-refractivity contribution in [2.24, 2.45) is 0 Å². The maximum absolute atomic E-state index is 11.3. The van der Waals surface area contributed by atoms with Crippen LogP contribution >= 0.6 is 31.9 Å². The SMILES string of the molecule is COC(=O)c1cc(Br)cc(C(=O)O)c1Br. The highest BCUT2D eigenvalue weighted by Gasteiger charge is 2.18. The Balaban J connectivity index is 3.41. The molecule has 1 aromatic rings. The quantitative estimate of drug-likeness (QED) is 0.843. The predicted molar refractivity (Wildman–Crippen MR) is 60.1 cm³/mol. The molecule has 80 valence electrons. The van der Waals surface area contributed by atoms with Gasteiger partial charge < -0.3 is 9.84 Å². The van der Waals surface area contributed by atoms with E-state index in [1.54, 1.807) is 0 Å². The molecule has 0 bridgehead atoms. The monoisotopic (exact) mass is 336 g/mol. The second-order valence-electron chi connectivity index (χ2n) is 2.61. The Hall–Kier alpha value is -0.880. The molecule has 0 amide bonds. The molecule has 0 aliphatic carbocycles. The molecule has 1 rings (SSSR count). The molecule has 0 saturated heterocycles. The van der Waals surface area contributed by atoms with Crippen molar-refractivity contribution in [2.45, 2.75) is 0 Å². The molecule has 0 atom stereocenters. The lowest BCUT2D eigenvalue weighted by atomic mass is 10.1. The first-order valence-electron chi connectivity index (χ1n) is 3.78. The van der Waals surface area contributed by atoms with Crippen LogP contribution in [0.3, 0.4) is 0 Å². The number of carbonyl (C=O) groups is 2. The number of carboxylic acids is 1. The standard InChI is InChI=1S/C9H6Br2O4/c1-15-9(14)6-3-4(10)2-5(7(6)11)8(12)13/h2-3H,1H3,(H,12,13). The highest BCUT2D eigenvalue weighted by Crippen LogP contribution is 2.27. The van der Waals surface area contributed by atoms with E-state index >= 15 is 0 Å². The van der Waals surface area contributed by atoms with Crippen LogP contribution in [0.15, 0.2) is 21.1 Å². The summed E-state index contributed by atoms with van der Waals surface area (Å²) in [7, 11) is 1.23. The number of hydrogen-bond donors (Lipinski definition) is 1. The molecule has 15 heavy (non-hydrogen) atoms. The Morgan fingerprint density at radius 3 is 2.27 bits per heavy atom. The summed E-state index contributed by atoms with van der Waals surface area (Å²) in [6, 6.07) is 2.89. The topological polar surface area (TPSA) is 63.6 Å². The molecule has 0 radical (unpaired) electrons. The van der Waals surface area contributed by atoms with E-state index in [1.807, 2.05) is 0 Å². The van der Waals surface area contributed by atoms with Gasteiger partial charge in [-0.25, -0.2) is 9.59 Å². The maximum Gasteiger partial charge on any atom is 0.339 e. The van der Waals surface area contributed by atoms with E-state index < -0.39 is 11.9 Å². The van der Waals surface area contributed by atoms with E-state index in [-0.39, 0.29) is 15.6 Å². The zero-order valence-electron chi connectivity index (χ0n) is 7.58. The number of ether oxygens (including phenoxy) is 1. The second kappa shape index (κ2) is 4.76. The van der Waals surface area contributed by atoms with Gasteiger partial charge in [-0.15, -0.1) is 0 Å². The fourth-order valence-corrected chi connectivity index (χ4v) is 2.02. The first-order valence-corrected chi connectivity index (χ1v) is 5.36. The summed E-state index contributed by atoms with van der Waals surface area (Å²) in [4.78, 5) is 22.1. The Bertz CT molecular complexity index is 428. The van der Waals surface area contributed by atoms with Gasteiger partial charge in [-0.1, -0.05) is 15.9 Å². The van der Waals surface area contributed by atoms with Crippen molar-refractivity contribution in [2.75, 3.05) is 7.11 Å². The number of aromatic carboxylic acids is 1. The molecule has 4 nitrogen and oxygen atoms in total. The van der Waals surface area contributed by atoms with Gasteiger partial charge in [0.25, 0.3) is 0 Å². The molecule has 0 unspecified atom stereocenters. The fraction of sp³-hybridized carbons (Fsp3) is 0.111. The van der Waals surface area contributed by atoms with Crippen molar-refractivity contribution in [3.05, 3.63) is 32.2 Å². The van der Waals surface area contributed by atoms with E-state index in [9.17, 15) is 9.59 Å². The molecule has 0 saturated carbocycles.